The Hall–Kier alpha value is -1.54. The van der Waals surface area contributed by atoms with Gasteiger partial charge in [0.25, 0.3) is 0 Å². The maximum atomic E-state index is 5.90. The molecule has 0 aliphatic rings. The van der Waals surface area contributed by atoms with Crippen molar-refractivity contribution in [3.63, 3.8) is 0 Å². The molecule has 0 fully saturated rings. The van der Waals surface area contributed by atoms with E-state index in [0.29, 0.717) is 12.5 Å². The Balaban J connectivity index is 2.41. The van der Waals surface area contributed by atoms with Crippen molar-refractivity contribution in [2.24, 2.45) is 11.7 Å². The van der Waals surface area contributed by atoms with Crippen molar-refractivity contribution in [2.45, 2.75) is 20.3 Å². The largest absolute Gasteiger partial charge is 0.493 e. The predicted octanol–water partition coefficient (Wildman–Crippen LogP) is 3.38. The minimum absolute atomic E-state index is 0.530. The summed E-state index contributed by atoms with van der Waals surface area (Å²) in [7, 11) is 0. The zero-order valence-corrected chi connectivity index (χ0v) is 11.1. The summed E-state index contributed by atoms with van der Waals surface area (Å²) in [5.41, 5.74) is 6.95. The molecule has 0 spiro atoms. The number of rotatable bonds is 5. The summed E-state index contributed by atoms with van der Waals surface area (Å²) < 4.78 is 5.90. The van der Waals surface area contributed by atoms with Crippen molar-refractivity contribution < 1.29 is 4.74 Å². The predicted molar refractivity (Wildman–Crippen MR) is 77.0 cm³/mol. The highest BCUT2D eigenvalue weighted by Gasteiger charge is 2.08. The molecule has 18 heavy (non-hydrogen) atoms. The molecule has 0 radical (unpaired) electrons. The Morgan fingerprint density at radius 3 is 2.61 bits per heavy atom. The highest BCUT2D eigenvalue weighted by Crippen LogP contribution is 2.28. The molecule has 0 atom stereocenters. The van der Waals surface area contributed by atoms with Crippen LogP contribution in [0.15, 0.2) is 36.4 Å². The van der Waals surface area contributed by atoms with Crippen LogP contribution in [0.2, 0.25) is 0 Å². The van der Waals surface area contributed by atoms with E-state index in [1.165, 1.54) is 16.3 Å². The fraction of sp³-hybridized carbons (Fsp3) is 0.375. The van der Waals surface area contributed by atoms with Crippen molar-refractivity contribution in [3.8, 4) is 5.75 Å². The van der Waals surface area contributed by atoms with Crippen LogP contribution in [-0.2, 0) is 6.42 Å². The van der Waals surface area contributed by atoms with Gasteiger partial charge in [0.05, 0.1) is 6.61 Å². The number of ether oxygens (including phenoxy) is 1. The Kier molecular flexibility index (Phi) is 4.21. The van der Waals surface area contributed by atoms with E-state index in [1.54, 1.807) is 0 Å². The molecule has 2 aromatic rings. The lowest BCUT2D eigenvalue weighted by molar-refractivity contribution is 0.269. The lowest BCUT2D eigenvalue weighted by Crippen LogP contribution is -2.09. The second-order valence-electron chi connectivity index (χ2n) is 5.01. The summed E-state index contributed by atoms with van der Waals surface area (Å²) in [5, 5.41) is 2.50. The van der Waals surface area contributed by atoms with E-state index < -0.39 is 0 Å². The van der Waals surface area contributed by atoms with Crippen LogP contribution in [0, 0.1) is 5.92 Å². The molecule has 2 rings (SSSR count). The van der Waals surface area contributed by atoms with Gasteiger partial charge < -0.3 is 10.5 Å². The fourth-order valence-corrected chi connectivity index (χ4v) is 2.11. The van der Waals surface area contributed by atoms with E-state index in [1.807, 2.05) is 0 Å². The van der Waals surface area contributed by atoms with Crippen LogP contribution in [-0.4, -0.2) is 13.2 Å². The summed E-state index contributed by atoms with van der Waals surface area (Å²) in [5.74, 6) is 1.51. The van der Waals surface area contributed by atoms with Crippen molar-refractivity contribution >= 4 is 10.8 Å². The Bertz CT molecular complexity index is 519. The van der Waals surface area contributed by atoms with Gasteiger partial charge in [-0.15, -0.1) is 0 Å². The third kappa shape index (κ3) is 2.82. The average Bonchev–Trinajstić information content (AvgIpc) is 2.38. The third-order valence-electron chi connectivity index (χ3n) is 2.96. The molecule has 0 unspecified atom stereocenters. The number of benzene rings is 2. The molecular weight excluding hydrogens is 222 g/mol. The van der Waals surface area contributed by atoms with Crippen LogP contribution < -0.4 is 10.5 Å². The molecule has 0 saturated carbocycles. The topological polar surface area (TPSA) is 35.2 Å². The quantitative estimate of drug-likeness (QED) is 0.873. The standard InChI is InChI=1S/C16H21NO/c1-12(2)11-18-16-8-7-13-5-3-4-6-14(13)15(16)9-10-17/h3-8,12H,9-11,17H2,1-2H3. The SMILES string of the molecule is CC(C)COc1ccc2ccccc2c1CCN. The average molecular weight is 243 g/mol. The van der Waals surface area contributed by atoms with Gasteiger partial charge in [-0.1, -0.05) is 44.2 Å². The van der Waals surface area contributed by atoms with Crippen molar-refractivity contribution in [3.05, 3.63) is 42.0 Å². The van der Waals surface area contributed by atoms with E-state index in [2.05, 4.69) is 50.2 Å². The van der Waals surface area contributed by atoms with Crippen LogP contribution in [0.3, 0.4) is 0 Å². The third-order valence-corrected chi connectivity index (χ3v) is 2.96. The van der Waals surface area contributed by atoms with Gasteiger partial charge in [-0.05, 0) is 35.7 Å². The second kappa shape index (κ2) is 5.87. The van der Waals surface area contributed by atoms with E-state index in [-0.39, 0.29) is 0 Å². The molecule has 0 saturated heterocycles. The monoisotopic (exact) mass is 243 g/mol. The number of hydrogen-bond donors (Lipinski definition) is 1. The summed E-state index contributed by atoms with van der Waals surface area (Å²) in [6, 6.07) is 12.6. The fourth-order valence-electron chi connectivity index (χ4n) is 2.11. The van der Waals surface area contributed by atoms with Crippen molar-refractivity contribution in [1.82, 2.24) is 0 Å². The first-order valence-electron chi connectivity index (χ1n) is 6.56. The van der Waals surface area contributed by atoms with Gasteiger partial charge in [0, 0.05) is 5.56 Å². The first kappa shape index (κ1) is 12.9. The van der Waals surface area contributed by atoms with E-state index in [4.69, 9.17) is 10.5 Å². The normalized spacial score (nSPS) is 11.1. The molecule has 96 valence electrons. The summed E-state index contributed by atoms with van der Waals surface area (Å²) >= 11 is 0. The number of nitrogens with two attached hydrogens (primary N) is 1. The molecule has 0 aliphatic carbocycles. The molecular formula is C16H21NO. The highest BCUT2D eigenvalue weighted by molar-refractivity contribution is 5.87. The molecule has 0 bridgehead atoms. The number of hydrogen-bond acceptors (Lipinski definition) is 2. The van der Waals surface area contributed by atoms with Gasteiger partial charge >= 0.3 is 0 Å². The first-order valence-corrected chi connectivity index (χ1v) is 6.56. The van der Waals surface area contributed by atoms with Crippen LogP contribution in [0.4, 0.5) is 0 Å². The van der Waals surface area contributed by atoms with Crippen LogP contribution >= 0.6 is 0 Å². The second-order valence-corrected chi connectivity index (χ2v) is 5.01. The molecule has 2 nitrogen and oxygen atoms in total. The smallest absolute Gasteiger partial charge is 0.123 e. The van der Waals surface area contributed by atoms with Crippen molar-refractivity contribution in [1.29, 1.82) is 0 Å². The molecule has 2 heteroatoms. The van der Waals surface area contributed by atoms with E-state index >= 15 is 0 Å². The summed E-state index contributed by atoms with van der Waals surface area (Å²) in [6.45, 7) is 5.70. The van der Waals surface area contributed by atoms with Gasteiger partial charge in [0.15, 0.2) is 0 Å². The molecule has 0 aliphatic heterocycles. The lowest BCUT2D eigenvalue weighted by Gasteiger charge is -2.15. The zero-order chi connectivity index (χ0) is 13.0. The zero-order valence-electron chi connectivity index (χ0n) is 11.1. The molecule has 0 amide bonds. The van der Waals surface area contributed by atoms with Gasteiger partial charge in [-0.25, -0.2) is 0 Å². The van der Waals surface area contributed by atoms with Crippen LogP contribution in [0.5, 0.6) is 5.75 Å². The Morgan fingerprint density at radius 1 is 1.11 bits per heavy atom. The Morgan fingerprint density at radius 2 is 1.89 bits per heavy atom. The first-order chi connectivity index (χ1) is 8.72. The molecule has 2 aromatic carbocycles. The van der Waals surface area contributed by atoms with Crippen LogP contribution in [0.25, 0.3) is 10.8 Å². The van der Waals surface area contributed by atoms with Gasteiger partial charge in [-0.2, -0.15) is 0 Å². The molecule has 2 N–H and O–H groups in total. The van der Waals surface area contributed by atoms with Gasteiger partial charge in [0.2, 0.25) is 0 Å². The summed E-state index contributed by atoms with van der Waals surface area (Å²) in [6.07, 6.45) is 0.856. The molecule has 0 heterocycles. The van der Waals surface area contributed by atoms with Crippen molar-refractivity contribution in [2.75, 3.05) is 13.2 Å². The highest BCUT2D eigenvalue weighted by atomic mass is 16.5. The van der Waals surface area contributed by atoms with Gasteiger partial charge in [0.1, 0.15) is 5.75 Å². The number of fused-ring (bicyclic) bond motifs is 1. The maximum absolute atomic E-state index is 5.90. The van der Waals surface area contributed by atoms with E-state index in [0.717, 1.165) is 18.8 Å². The molecule has 0 aromatic heterocycles. The summed E-state index contributed by atoms with van der Waals surface area (Å²) in [4.78, 5) is 0. The lowest BCUT2D eigenvalue weighted by atomic mass is 10.0. The Labute approximate surface area is 109 Å². The maximum Gasteiger partial charge on any atom is 0.123 e. The van der Waals surface area contributed by atoms with Gasteiger partial charge in [-0.3, -0.25) is 0 Å². The van der Waals surface area contributed by atoms with E-state index in [9.17, 15) is 0 Å². The van der Waals surface area contributed by atoms with Crippen LogP contribution in [0.1, 0.15) is 19.4 Å². The minimum atomic E-state index is 0.530. The minimum Gasteiger partial charge on any atom is -0.493 e.